The first-order valence-electron chi connectivity index (χ1n) is 5.13. The van der Waals surface area contributed by atoms with E-state index in [4.69, 9.17) is 5.73 Å². The summed E-state index contributed by atoms with van der Waals surface area (Å²) in [7, 11) is 0. The Bertz CT molecular complexity index is 457. The van der Waals surface area contributed by atoms with Crippen LogP contribution in [0.1, 0.15) is 27.5 Å². The number of halogens is 3. The number of fused-ring (bicyclic) bond motifs is 1. The number of hydrogen-bond acceptors (Lipinski definition) is 2. The van der Waals surface area contributed by atoms with Crippen molar-refractivity contribution in [2.24, 2.45) is 5.73 Å². The molecule has 0 saturated carbocycles. The number of hydrogen-bond donors (Lipinski definition) is 2. The Labute approximate surface area is 95.8 Å². The second-order valence-electron chi connectivity index (χ2n) is 3.94. The van der Waals surface area contributed by atoms with Gasteiger partial charge in [-0.1, -0.05) is 12.1 Å². The van der Waals surface area contributed by atoms with E-state index in [9.17, 15) is 18.0 Å². The molecule has 1 atom stereocenters. The van der Waals surface area contributed by atoms with Gasteiger partial charge < -0.3 is 11.1 Å². The van der Waals surface area contributed by atoms with Crippen LogP contribution >= 0.6 is 0 Å². The molecule has 1 amide bonds. The minimum Gasteiger partial charge on any atom is -0.352 e. The number of amides is 1. The fourth-order valence-electron chi connectivity index (χ4n) is 1.81. The molecule has 92 valence electrons. The van der Waals surface area contributed by atoms with Crippen molar-refractivity contribution >= 4 is 5.91 Å². The molecule has 6 heteroatoms. The lowest BCUT2D eigenvalue weighted by molar-refractivity contribution is -0.149. The largest absolute Gasteiger partial charge is 0.407 e. The quantitative estimate of drug-likeness (QED) is 0.787. The molecular weight excluding hydrogens is 233 g/mol. The van der Waals surface area contributed by atoms with Crippen LogP contribution in [0.25, 0.3) is 0 Å². The lowest BCUT2D eigenvalue weighted by Gasteiger charge is -2.20. The topological polar surface area (TPSA) is 55.1 Å². The average molecular weight is 244 g/mol. The predicted octanol–water partition coefficient (Wildman–Crippen LogP) is 1.53. The van der Waals surface area contributed by atoms with Gasteiger partial charge in [-0.2, -0.15) is 13.2 Å². The van der Waals surface area contributed by atoms with Gasteiger partial charge in [-0.15, -0.1) is 0 Å². The Morgan fingerprint density at radius 2 is 2.06 bits per heavy atom. The summed E-state index contributed by atoms with van der Waals surface area (Å²) in [4.78, 5) is 11.5. The van der Waals surface area contributed by atoms with Crippen LogP contribution in [-0.4, -0.2) is 18.6 Å². The van der Waals surface area contributed by atoms with Crippen molar-refractivity contribution in [1.29, 1.82) is 0 Å². The van der Waals surface area contributed by atoms with Crippen molar-refractivity contribution in [3.8, 4) is 0 Å². The summed E-state index contributed by atoms with van der Waals surface area (Å²) < 4.78 is 37.3. The molecule has 0 fully saturated rings. The normalized spacial score (nSPS) is 17.3. The van der Waals surface area contributed by atoms with Crippen molar-refractivity contribution in [3.05, 3.63) is 34.9 Å². The van der Waals surface area contributed by atoms with Crippen molar-refractivity contribution < 1.29 is 18.0 Å². The molecule has 1 unspecified atom stereocenters. The Balaban J connectivity index is 2.39. The van der Waals surface area contributed by atoms with E-state index >= 15 is 0 Å². The summed E-state index contributed by atoms with van der Waals surface area (Å²) in [5.74, 6) is -0.345. The zero-order valence-corrected chi connectivity index (χ0v) is 8.84. The van der Waals surface area contributed by atoms with E-state index in [-0.39, 0.29) is 17.0 Å². The smallest absolute Gasteiger partial charge is 0.352 e. The number of carbonyl (C=O) groups excluding carboxylic acids is 1. The van der Waals surface area contributed by atoms with Gasteiger partial charge in [0.1, 0.15) is 6.04 Å². The minimum atomic E-state index is -4.50. The molecule has 17 heavy (non-hydrogen) atoms. The molecule has 0 saturated heterocycles. The monoisotopic (exact) mass is 244 g/mol. The highest BCUT2D eigenvalue weighted by Crippen LogP contribution is 2.31. The molecule has 0 spiro atoms. The molecule has 1 aliphatic heterocycles. The maximum atomic E-state index is 12.4. The van der Waals surface area contributed by atoms with Crippen molar-refractivity contribution in [2.75, 3.05) is 6.54 Å². The fraction of sp³-hybridized carbons (Fsp3) is 0.364. The lowest BCUT2D eigenvalue weighted by Crippen LogP contribution is -2.33. The van der Waals surface area contributed by atoms with E-state index in [0.29, 0.717) is 13.0 Å². The van der Waals surface area contributed by atoms with Gasteiger partial charge in [-0.05, 0) is 23.6 Å². The molecule has 1 heterocycles. The summed E-state index contributed by atoms with van der Waals surface area (Å²) in [6.45, 7) is 0.510. The fourth-order valence-corrected chi connectivity index (χ4v) is 1.81. The molecule has 3 N–H and O–H groups in total. The first-order chi connectivity index (χ1) is 7.89. The maximum Gasteiger partial charge on any atom is 0.407 e. The van der Waals surface area contributed by atoms with Crippen LogP contribution in [0.3, 0.4) is 0 Å². The number of rotatable bonds is 1. The van der Waals surface area contributed by atoms with Gasteiger partial charge in [-0.25, -0.2) is 0 Å². The summed E-state index contributed by atoms with van der Waals surface area (Å²) in [5, 5.41) is 2.58. The van der Waals surface area contributed by atoms with Gasteiger partial charge in [0.05, 0.1) is 0 Å². The van der Waals surface area contributed by atoms with E-state index in [1.165, 1.54) is 18.2 Å². The van der Waals surface area contributed by atoms with E-state index in [0.717, 1.165) is 5.56 Å². The van der Waals surface area contributed by atoms with Crippen LogP contribution in [0.5, 0.6) is 0 Å². The summed E-state index contributed by atoms with van der Waals surface area (Å²) in [5.41, 5.74) is 6.05. The summed E-state index contributed by atoms with van der Waals surface area (Å²) >= 11 is 0. The molecule has 0 bridgehead atoms. The zero-order chi connectivity index (χ0) is 12.6. The highest BCUT2D eigenvalue weighted by atomic mass is 19.4. The van der Waals surface area contributed by atoms with Crippen molar-refractivity contribution in [3.63, 3.8) is 0 Å². The number of benzene rings is 1. The van der Waals surface area contributed by atoms with Crippen LogP contribution in [-0.2, 0) is 6.42 Å². The van der Waals surface area contributed by atoms with Crippen LogP contribution in [0.4, 0.5) is 13.2 Å². The van der Waals surface area contributed by atoms with Crippen molar-refractivity contribution in [1.82, 2.24) is 5.32 Å². The summed E-state index contributed by atoms with van der Waals surface area (Å²) in [6, 6.07) is 2.04. The van der Waals surface area contributed by atoms with Crippen LogP contribution in [0.2, 0.25) is 0 Å². The van der Waals surface area contributed by atoms with Crippen LogP contribution < -0.4 is 11.1 Å². The zero-order valence-electron chi connectivity index (χ0n) is 8.84. The third-order valence-corrected chi connectivity index (χ3v) is 2.77. The Hall–Kier alpha value is -1.56. The maximum absolute atomic E-state index is 12.4. The number of nitrogens with two attached hydrogens (primary N) is 1. The van der Waals surface area contributed by atoms with E-state index < -0.39 is 12.2 Å². The van der Waals surface area contributed by atoms with Gasteiger partial charge in [0.25, 0.3) is 5.91 Å². The Morgan fingerprint density at radius 1 is 1.35 bits per heavy atom. The number of carbonyl (C=O) groups is 1. The van der Waals surface area contributed by atoms with Crippen LogP contribution in [0.15, 0.2) is 18.2 Å². The third kappa shape index (κ3) is 2.26. The van der Waals surface area contributed by atoms with E-state index in [1.54, 1.807) is 0 Å². The third-order valence-electron chi connectivity index (χ3n) is 2.77. The highest BCUT2D eigenvalue weighted by Gasteiger charge is 2.38. The average Bonchev–Trinajstić information content (AvgIpc) is 2.27. The molecule has 3 nitrogen and oxygen atoms in total. The number of nitrogens with one attached hydrogen (secondary N) is 1. The lowest BCUT2D eigenvalue weighted by atomic mass is 9.95. The SMILES string of the molecule is NC(c1ccc2c(c1)C(=O)NCC2)C(F)(F)F. The molecule has 0 radical (unpaired) electrons. The molecule has 0 aliphatic carbocycles. The highest BCUT2D eigenvalue weighted by molar-refractivity contribution is 5.96. The van der Waals surface area contributed by atoms with Gasteiger partial charge in [0, 0.05) is 12.1 Å². The van der Waals surface area contributed by atoms with Crippen molar-refractivity contribution in [2.45, 2.75) is 18.6 Å². The first kappa shape index (κ1) is 11.9. The Morgan fingerprint density at radius 3 is 2.71 bits per heavy atom. The predicted molar refractivity (Wildman–Crippen MR) is 55.5 cm³/mol. The van der Waals surface area contributed by atoms with Gasteiger partial charge in [0.15, 0.2) is 0 Å². The molecular formula is C11H11F3N2O. The Kier molecular flexibility index (Phi) is 2.82. The van der Waals surface area contributed by atoms with Gasteiger partial charge in [-0.3, -0.25) is 4.79 Å². The second-order valence-corrected chi connectivity index (χ2v) is 3.94. The molecule has 0 aromatic heterocycles. The molecule has 1 aromatic carbocycles. The van der Waals surface area contributed by atoms with E-state index in [1.807, 2.05) is 0 Å². The van der Waals surface area contributed by atoms with Gasteiger partial charge >= 0.3 is 6.18 Å². The van der Waals surface area contributed by atoms with Crippen LogP contribution in [0, 0.1) is 0 Å². The first-order valence-corrected chi connectivity index (χ1v) is 5.13. The summed E-state index contributed by atoms with van der Waals surface area (Å²) in [6.07, 6.45) is -3.87. The molecule has 2 rings (SSSR count). The molecule has 1 aromatic rings. The van der Waals surface area contributed by atoms with Gasteiger partial charge in [0.2, 0.25) is 0 Å². The second kappa shape index (κ2) is 4.03. The molecule has 1 aliphatic rings. The standard InChI is InChI=1S/C11H11F3N2O/c12-11(13,14)9(15)7-2-1-6-3-4-16-10(17)8(6)5-7/h1-2,5,9H,3-4,15H2,(H,16,17). The van der Waals surface area contributed by atoms with E-state index in [2.05, 4.69) is 5.32 Å². The number of alkyl halides is 3. The minimum absolute atomic E-state index is 0.0895.